The first-order valence-corrected chi connectivity index (χ1v) is 6.05. The Bertz CT molecular complexity index is 746. The monoisotopic (exact) mass is 267 g/mol. The first kappa shape index (κ1) is 12.2. The molecule has 0 atom stereocenters. The topological polar surface area (TPSA) is 104 Å². The third-order valence-corrected chi connectivity index (χ3v) is 2.87. The molecule has 1 aromatic carbocycles. The molecule has 4 N–H and O–H groups in total. The van der Waals surface area contributed by atoms with Gasteiger partial charge >= 0.3 is 0 Å². The molecule has 20 heavy (non-hydrogen) atoms. The fraction of sp³-hybridized carbons (Fsp3) is 0.0714. The number of anilines is 2. The molecule has 2 heterocycles. The minimum atomic E-state index is 0.365. The van der Waals surface area contributed by atoms with E-state index >= 15 is 0 Å². The van der Waals surface area contributed by atoms with Gasteiger partial charge in [0.2, 0.25) is 5.82 Å². The summed E-state index contributed by atoms with van der Waals surface area (Å²) in [6.45, 7) is 1.94. The highest BCUT2D eigenvalue weighted by Crippen LogP contribution is 2.26. The number of nitrogen functional groups attached to an aromatic ring is 2. The number of aryl methyl sites for hydroxylation is 1. The molecule has 6 nitrogen and oxygen atoms in total. The van der Waals surface area contributed by atoms with E-state index in [9.17, 15) is 0 Å². The zero-order valence-electron chi connectivity index (χ0n) is 10.9. The van der Waals surface area contributed by atoms with Crippen molar-refractivity contribution in [3.8, 4) is 23.0 Å². The molecule has 0 aliphatic heterocycles. The zero-order valence-corrected chi connectivity index (χ0v) is 10.9. The summed E-state index contributed by atoms with van der Waals surface area (Å²) < 4.78 is 5.26. The lowest BCUT2D eigenvalue weighted by atomic mass is 10.1. The minimum Gasteiger partial charge on any atom is -0.399 e. The zero-order chi connectivity index (χ0) is 14.1. The first-order valence-electron chi connectivity index (χ1n) is 6.05. The Morgan fingerprint density at radius 2 is 1.85 bits per heavy atom. The molecule has 0 spiro atoms. The number of benzene rings is 1. The van der Waals surface area contributed by atoms with Crippen molar-refractivity contribution in [3.63, 3.8) is 0 Å². The van der Waals surface area contributed by atoms with Crippen molar-refractivity contribution < 1.29 is 4.52 Å². The van der Waals surface area contributed by atoms with Gasteiger partial charge in [-0.15, -0.1) is 0 Å². The molecule has 100 valence electrons. The molecule has 0 bridgehead atoms. The Morgan fingerprint density at radius 3 is 2.55 bits per heavy atom. The van der Waals surface area contributed by atoms with Gasteiger partial charge in [0.25, 0.3) is 5.89 Å². The summed E-state index contributed by atoms with van der Waals surface area (Å²) in [5.74, 6) is 0.808. The normalized spacial score (nSPS) is 10.7. The lowest BCUT2D eigenvalue weighted by Crippen LogP contribution is -1.92. The molecule has 0 fully saturated rings. The number of rotatable bonds is 2. The van der Waals surface area contributed by atoms with E-state index in [1.807, 2.05) is 19.1 Å². The van der Waals surface area contributed by atoms with E-state index in [0.29, 0.717) is 34.3 Å². The van der Waals surface area contributed by atoms with Gasteiger partial charge in [-0.1, -0.05) is 11.2 Å². The number of hydrogen-bond acceptors (Lipinski definition) is 6. The number of nitrogens with two attached hydrogens (primary N) is 2. The predicted octanol–water partition coefficient (Wildman–Crippen LogP) is 2.27. The number of hydrogen-bond donors (Lipinski definition) is 2. The van der Waals surface area contributed by atoms with Crippen molar-refractivity contribution >= 4 is 11.4 Å². The van der Waals surface area contributed by atoms with Gasteiger partial charge in [-0.05, 0) is 36.8 Å². The van der Waals surface area contributed by atoms with E-state index in [2.05, 4.69) is 15.1 Å². The van der Waals surface area contributed by atoms with E-state index in [0.717, 1.165) is 5.56 Å². The largest absolute Gasteiger partial charge is 0.399 e. The molecule has 0 aliphatic carbocycles. The summed E-state index contributed by atoms with van der Waals surface area (Å²) in [7, 11) is 0. The molecule has 6 heteroatoms. The molecular weight excluding hydrogens is 254 g/mol. The second kappa shape index (κ2) is 4.65. The van der Waals surface area contributed by atoms with E-state index in [4.69, 9.17) is 16.0 Å². The van der Waals surface area contributed by atoms with Crippen LogP contribution in [0.4, 0.5) is 11.4 Å². The van der Waals surface area contributed by atoms with Gasteiger partial charge in [0.15, 0.2) is 0 Å². The predicted molar refractivity (Wildman–Crippen MR) is 76.5 cm³/mol. The van der Waals surface area contributed by atoms with Crippen LogP contribution in [0.15, 0.2) is 41.1 Å². The van der Waals surface area contributed by atoms with Crippen LogP contribution in [0.5, 0.6) is 0 Å². The molecule has 3 rings (SSSR count). The highest BCUT2D eigenvalue weighted by atomic mass is 16.5. The maximum Gasteiger partial charge on any atom is 0.258 e. The Balaban J connectivity index is 2.04. The highest BCUT2D eigenvalue weighted by molar-refractivity contribution is 5.68. The average Bonchev–Trinajstić information content (AvgIpc) is 2.87. The summed E-state index contributed by atoms with van der Waals surface area (Å²) in [5.41, 5.74) is 15.0. The Morgan fingerprint density at radius 1 is 1.10 bits per heavy atom. The Kier molecular flexibility index (Phi) is 2.83. The number of aromatic nitrogens is 3. The van der Waals surface area contributed by atoms with Crippen molar-refractivity contribution in [3.05, 3.63) is 42.1 Å². The molecule has 0 unspecified atom stereocenters. The second-order valence-corrected chi connectivity index (χ2v) is 4.48. The molecule has 0 aliphatic rings. The maximum absolute atomic E-state index is 5.76. The number of nitrogens with zero attached hydrogens (tertiary/aromatic N) is 3. The Labute approximate surface area is 115 Å². The van der Waals surface area contributed by atoms with Crippen molar-refractivity contribution in [2.45, 2.75) is 6.92 Å². The van der Waals surface area contributed by atoms with Gasteiger partial charge in [0.05, 0.1) is 0 Å². The lowest BCUT2D eigenvalue weighted by molar-refractivity contribution is 0.432. The van der Waals surface area contributed by atoms with Gasteiger partial charge < -0.3 is 16.0 Å². The smallest absolute Gasteiger partial charge is 0.258 e. The summed E-state index contributed by atoms with van der Waals surface area (Å²) in [6, 6.07) is 8.94. The summed E-state index contributed by atoms with van der Waals surface area (Å²) in [6.07, 6.45) is 1.69. The van der Waals surface area contributed by atoms with Crippen molar-refractivity contribution in [2.24, 2.45) is 0 Å². The number of pyridine rings is 1. The highest BCUT2D eigenvalue weighted by Gasteiger charge is 2.13. The summed E-state index contributed by atoms with van der Waals surface area (Å²) in [5, 5.41) is 3.95. The standard InChI is InChI=1S/C14H13N5O/c1-8-3-2-4-17-12(8)13-18-14(20-19-13)9-5-10(15)7-11(16)6-9/h2-7H,15-16H2,1H3. The molecule has 0 radical (unpaired) electrons. The molecule has 2 aromatic heterocycles. The van der Waals surface area contributed by atoms with Gasteiger partial charge in [-0.3, -0.25) is 4.98 Å². The van der Waals surface area contributed by atoms with Crippen molar-refractivity contribution in [2.75, 3.05) is 11.5 Å². The lowest BCUT2D eigenvalue weighted by Gasteiger charge is -1.99. The average molecular weight is 267 g/mol. The Hall–Kier alpha value is -2.89. The minimum absolute atomic E-state index is 0.365. The fourth-order valence-electron chi connectivity index (χ4n) is 1.96. The van der Waals surface area contributed by atoms with Crippen molar-refractivity contribution in [1.29, 1.82) is 0 Å². The SMILES string of the molecule is Cc1cccnc1-c1noc(-c2cc(N)cc(N)c2)n1. The molecule has 0 saturated carbocycles. The van der Waals surface area contributed by atoms with Crippen LogP contribution in [0.1, 0.15) is 5.56 Å². The molecule has 0 amide bonds. The fourth-order valence-corrected chi connectivity index (χ4v) is 1.96. The van der Waals surface area contributed by atoms with E-state index in [1.54, 1.807) is 24.4 Å². The quantitative estimate of drug-likeness (QED) is 0.690. The van der Waals surface area contributed by atoms with Gasteiger partial charge in [0, 0.05) is 23.1 Å². The maximum atomic E-state index is 5.76. The van der Waals surface area contributed by atoms with Crippen LogP contribution in [0.2, 0.25) is 0 Å². The third-order valence-electron chi connectivity index (χ3n) is 2.87. The van der Waals surface area contributed by atoms with Crippen LogP contribution in [-0.4, -0.2) is 15.1 Å². The first-order chi connectivity index (χ1) is 9.63. The van der Waals surface area contributed by atoms with Gasteiger partial charge in [-0.25, -0.2) is 0 Å². The molecule has 3 aromatic rings. The molecular formula is C14H13N5O. The van der Waals surface area contributed by atoms with Gasteiger partial charge in [-0.2, -0.15) is 4.98 Å². The summed E-state index contributed by atoms with van der Waals surface area (Å²) >= 11 is 0. The molecule has 0 saturated heterocycles. The second-order valence-electron chi connectivity index (χ2n) is 4.48. The third kappa shape index (κ3) is 2.18. The van der Waals surface area contributed by atoms with Crippen LogP contribution in [0, 0.1) is 6.92 Å². The van der Waals surface area contributed by atoms with Crippen LogP contribution in [0.3, 0.4) is 0 Å². The van der Waals surface area contributed by atoms with Crippen LogP contribution >= 0.6 is 0 Å². The van der Waals surface area contributed by atoms with Crippen LogP contribution in [-0.2, 0) is 0 Å². The van der Waals surface area contributed by atoms with E-state index < -0.39 is 0 Å². The van der Waals surface area contributed by atoms with E-state index in [1.165, 1.54) is 0 Å². The van der Waals surface area contributed by atoms with Crippen LogP contribution < -0.4 is 11.5 Å². The van der Waals surface area contributed by atoms with Crippen molar-refractivity contribution in [1.82, 2.24) is 15.1 Å². The summed E-state index contributed by atoms with van der Waals surface area (Å²) in [4.78, 5) is 8.60. The van der Waals surface area contributed by atoms with Gasteiger partial charge in [0.1, 0.15) is 5.69 Å². The van der Waals surface area contributed by atoms with Crippen LogP contribution in [0.25, 0.3) is 23.0 Å². The van der Waals surface area contributed by atoms with E-state index in [-0.39, 0.29) is 0 Å².